The summed E-state index contributed by atoms with van der Waals surface area (Å²) in [7, 11) is 0. The molecule has 100 valence electrons. The third-order valence-corrected chi connectivity index (χ3v) is 3.33. The van der Waals surface area contributed by atoms with Crippen molar-refractivity contribution in [2.45, 2.75) is 39.0 Å². The summed E-state index contributed by atoms with van der Waals surface area (Å²) in [6.45, 7) is 6.49. The van der Waals surface area contributed by atoms with Crippen LogP contribution in [0.25, 0.3) is 0 Å². The zero-order valence-corrected chi connectivity index (χ0v) is 11.3. The Bertz CT molecular complexity index is 592. The minimum absolute atomic E-state index is 0.107. The molecule has 0 fully saturated rings. The Labute approximate surface area is 112 Å². The van der Waals surface area contributed by atoms with E-state index in [-0.39, 0.29) is 11.6 Å². The van der Waals surface area contributed by atoms with E-state index in [9.17, 15) is 0 Å². The normalized spacial score (nSPS) is 20.1. The predicted molar refractivity (Wildman–Crippen MR) is 69.8 cm³/mol. The van der Waals surface area contributed by atoms with Gasteiger partial charge in [-0.1, -0.05) is 23.4 Å². The van der Waals surface area contributed by atoms with E-state index in [1.807, 2.05) is 25.1 Å². The number of aromatic nitrogens is 2. The number of hydrogen-bond acceptors (Lipinski definition) is 5. The summed E-state index contributed by atoms with van der Waals surface area (Å²) >= 11 is 0. The first-order valence-electron chi connectivity index (χ1n) is 6.37. The van der Waals surface area contributed by atoms with Gasteiger partial charge in [-0.3, -0.25) is 5.32 Å². The van der Waals surface area contributed by atoms with Crippen LogP contribution in [0.1, 0.15) is 37.2 Å². The number of fused-ring (bicyclic) bond motifs is 1. The number of aryl methyl sites for hydroxylation is 1. The summed E-state index contributed by atoms with van der Waals surface area (Å²) in [5.74, 6) is 2.18. The third kappa shape index (κ3) is 2.21. The highest BCUT2D eigenvalue weighted by atomic mass is 16.5. The quantitative estimate of drug-likeness (QED) is 0.917. The highest BCUT2D eigenvalue weighted by Gasteiger charge is 2.40. The number of hydrogen-bond donors (Lipinski definition) is 1. The highest BCUT2D eigenvalue weighted by Crippen LogP contribution is 2.42. The molecule has 0 saturated carbocycles. The zero-order chi connectivity index (χ0) is 13.5. The largest absolute Gasteiger partial charge is 0.486 e. The molecule has 2 aromatic rings. The van der Waals surface area contributed by atoms with Crippen LogP contribution in [-0.4, -0.2) is 15.7 Å². The highest BCUT2D eigenvalue weighted by molar-refractivity contribution is 5.42. The van der Waals surface area contributed by atoms with Crippen molar-refractivity contribution in [2.24, 2.45) is 0 Å². The van der Waals surface area contributed by atoms with Gasteiger partial charge in [-0.15, -0.1) is 0 Å². The van der Waals surface area contributed by atoms with Gasteiger partial charge in [0.05, 0.1) is 12.6 Å². The van der Waals surface area contributed by atoms with Crippen molar-refractivity contribution in [3.63, 3.8) is 0 Å². The van der Waals surface area contributed by atoms with E-state index in [2.05, 4.69) is 35.4 Å². The molecule has 3 rings (SSSR count). The van der Waals surface area contributed by atoms with E-state index in [4.69, 9.17) is 9.26 Å². The smallest absolute Gasteiger partial charge is 0.240 e. The van der Waals surface area contributed by atoms with Gasteiger partial charge in [0, 0.05) is 5.56 Å². The van der Waals surface area contributed by atoms with Crippen molar-refractivity contribution in [1.29, 1.82) is 0 Å². The number of rotatable bonds is 3. The Morgan fingerprint density at radius 1 is 1.32 bits per heavy atom. The van der Waals surface area contributed by atoms with Gasteiger partial charge in [-0.2, -0.15) is 4.98 Å². The molecule has 0 amide bonds. The predicted octanol–water partition coefficient (Wildman–Crippen LogP) is 2.38. The van der Waals surface area contributed by atoms with Crippen molar-refractivity contribution in [2.75, 3.05) is 0 Å². The molecule has 5 heteroatoms. The average molecular weight is 259 g/mol. The molecule has 0 bridgehead atoms. The number of nitrogens with zero attached hydrogens (tertiary/aromatic N) is 2. The van der Waals surface area contributed by atoms with Crippen LogP contribution in [-0.2, 0) is 6.54 Å². The standard InChI is InChI=1S/C14H17N3O2/c1-9-16-12(19-17-9)8-15-13-10-6-4-5-7-11(10)18-14(13,2)3/h4-7,13,15H,8H2,1-3H3. The Morgan fingerprint density at radius 2 is 2.11 bits per heavy atom. The first kappa shape index (κ1) is 12.2. The Kier molecular flexibility index (Phi) is 2.78. The van der Waals surface area contributed by atoms with Crippen LogP contribution < -0.4 is 10.1 Å². The van der Waals surface area contributed by atoms with E-state index < -0.39 is 0 Å². The summed E-state index contributed by atoms with van der Waals surface area (Å²) < 4.78 is 11.1. The molecule has 0 spiro atoms. The van der Waals surface area contributed by atoms with Crippen LogP contribution in [0.15, 0.2) is 28.8 Å². The van der Waals surface area contributed by atoms with Crippen molar-refractivity contribution in [1.82, 2.24) is 15.5 Å². The summed E-state index contributed by atoms with van der Waals surface area (Å²) in [5.41, 5.74) is 0.877. The van der Waals surface area contributed by atoms with Gasteiger partial charge in [-0.05, 0) is 26.8 Å². The van der Waals surface area contributed by atoms with Gasteiger partial charge in [0.1, 0.15) is 11.4 Å². The van der Waals surface area contributed by atoms with Crippen molar-refractivity contribution in [3.8, 4) is 5.75 Å². The van der Waals surface area contributed by atoms with Gasteiger partial charge in [0.15, 0.2) is 5.82 Å². The lowest BCUT2D eigenvalue weighted by Crippen LogP contribution is -2.38. The maximum atomic E-state index is 5.97. The fraction of sp³-hybridized carbons (Fsp3) is 0.429. The van der Waals surface area contributed by atoms with Crippen LogP contribution in [0, 0.1) is 6.92 Å². The van der Waals surface area contributed by atoms with E-state index in [0.29, 0.717) is 18.3 Å². The first-order chi connectivity index (χ1) is 9.06. The molecule has 1 aliphatic rings. The molecule has 19 heavy (non-hydrogen) atoms. The fourth-order valence-corrected chi connectivity index (χ4v) is 2.49. The van der Waals surface area contributed by atoms with E-state index in [0.717, 1.165) is 5.75 Å². The molecule has 1 aliphatic heterocycles. The molecular formula is C14H17N3O2. The minimum Gasteiger partial charge on any atom is -0.486 e. The summed E-state index contributed by atoms with van der Waals surface area (Å²) in [6, 6.07) is 8.19. The van der Waals surface area contributed by atoms with Gasteiger partial charge in [0.25, 0.3) is 0 Å². The molecule has 0 radical (unpaired) electrons. The number of benzene rings is 1. The maximum Gasteiger partial charge on any atom is 0.240 e. The average Bonchev–Trinajstić information content (AvgIpc) is 2.87. The lowest BCUT2D eigenvalue weighted by Gasteiger charge is -2.26. The molecule has 1 aromatic heterocycles. The van der Waals surface area contributed by atoms with Gasteiger partial charge < -0.3 is 9.26 Å². The third-order valence-electron chi connectivity index (χ3n) is 3.33. The van der Waals surface area contributed by atoms with Gasteiger partial charge in [0.2, 0.25) is 5.89 Å². The van der Waals surface area contributed by atoms with Gasteiger partial charge >= 0.3 is 0 Å². The zero-order valence-electron chi connectivity index (χ0n) is 11.3. The molecular weight excluding hydrogens is 242 g/mol. The molecule has 0 saturated heterocycles. The van der Waals surface area contributed by atoms with Crippen LogP contribution in [0.3, 0.4) is 0 Å². The Balaban J connectivity index is 1.79. The lowest BCUT2D eigenvalue weighted by molar-refractivity contribution is 0.0944. The molecule has 2 heterocycles. The van der Waals surface area contributed by atoms with Crippen LogP contribution in [0.4, 0.5) is 0 Å². The summed E-state index contributed by atoms with van der Waals surface area (Å²) in [5, 5.41) is 7.22. The molecule has 1 aromatic carbocycles. The van der Waals surface area contributed by atoms with Crippen LogP contribution >= 0.6 is 0 Å². The molecule has 0 aliphatic carbocycles. The van der Waals surface area contributed by atoms with Crippen molar-refractivity contribution < 1.29 is 9.26 Å². The van der Waals surface area contributed by atoms with E-state index >= 15 is 0 Å². The summed E-state index contributed by atoms with van der Waals surface area (Å²) in [6.07, 6.45) is 0. The van der Waals surface area contributed by atoms with Crippen molar-refractivity contribution >= 4 is 0 Å². The topological polar surface area (TPSA) is 60.2 Å². The van der Waals surface area contributed by atoms with Crippen molar-refractivity contribution in [3.05, 3.63) is 41.5 Å². The van der Waals surface area contributed by atoms with E-state index in [1.54, 1.807) is 0 Å². The second kappa shape index (κ2) is 4.35. The van der Waals surface area contributed by atoms with Gasteiger partial charge in [-0.25, -0.2) is 0 Å². The molecule has 5 nitrogen and oxygen atoms in total. The Morgan fingerprint density at radius 3 is 2.84 bits per heavy atom. The van der Waals surface area contributed by atoms with E-state index in [1.165, 1.54) is 5.56 Å². The SMILES string of the molecule is Cc1noc(CNC2c3ccccc3OC2(C)C)n1. The second-order valence-electron chi connectivity index (χ2n) is 5.29. The lowest BCUT2D eigenvalue weighted by atomic mass is 9.94. The second-order valence-corrected chi connectivity index (χ2v) is 5.29. The maximum absolute atomic E-state index is 5.97. The first-order valence-corrected chi connectivity index (χ1v) is 6.37. The molecule has 1 atom stereocenters. The minimum atomic E-state index is -0.293. The number of nitrogens with one attached hydrogen (secondary N) is 1. The van der Waals surface area contributed by atoms with Crippen LogP contribution in [0.2, 0.25) is 0 Å². The molecule has 1 unspecified atom stereocenters. The number of para-hydroxylation sites is 1. The Hall–Kier alpha value is -1.88. The summed E-state index contributed by atoms with van der Waals surface area (Å²) in [4.78, 5) is 4.19. The fourth-order valence-electron chi connectivity index (χ4n) is 2.49. The monoisotopic (exact) mass is 259 g/mol. The number of ether oxygens (including phenoxy) is 1. The molecule has 1 N–H and O–H groups in total. The van der Waals surface area contributed by atoms with Crippen LogP contribution in [0.5, 0.6) is 5.75 Å².